The van der Waals surface area contributed by atoms with Crippen molar-refractivity contribution in [2.75, 3.05) is 26.3 Å². The lowest BCUT2D eigenvalue weighted by molar-refractivity contribution is 0.0417. The maximum Gasteiger partial charge on any atom is 0.404 e. The van der Waals surface area contributed by atoms with Gasteiger partial charge >= 0.3 is 6.09 Å². The predicted molar refractivity (Wildman–Crippen MR) is 67.2 cm³/mol. The van der Waals surface area contributed by atoms with E-state index in [-0.39, 0.29) is 12.7 Å². The first-order valence-corrected chi connectivity index (χ1v) is 6.09. The summed E-state index contributed by atoms with van der Waals surface area (Å²) in [5.74, 6) is 0. The fourth-order valence-electron chi connectivity index (χ4n) is 2.10. The third-order valence-corrected chi connectivity index (χ3v) is 2.95. The van der Waals surface area contributed by atoms with Gasteiger partial charge in [0.1, 0.15) is 6.61 Å². The highest BCUT2D eigenvalue weighted by molar-refractivity contribution is 5.64. The van der Waals surface area contributed by atoms with E-state index < -0.39 is 6.09 Å². The third-order valence-electron chi connectivity index (χ3n) is 2.95. The Bertz CT molecular complexity index is 409. The molecule has 5 heteroatoms. The van der Waals surface area contributed by atoms with Gasteiger partial charge in [0.05, 0.1) is 12.7 Å². The molecular formula is C13H18N2O3. The molecule has 2 rings (SSSR count). The van der Waals surface area contributed by atoms with Crippen LogP contribution in [0.25, 0.3) is 0 Å². The van der Waals surface area contributed by atoms with Gasteiger partial charge in [-0.2, -0.15) is 0 Å². The number of benzene rings is 1. The SMILES string of the molecule is NC(=O)OCCNCC1OCCc2ccccc21. The molecule has 1 aliphatic heterocycles. The van der Waals surface area contributed by atoms with Crippen LogP contribution in [0.4, 0.5) is 4.79 Å². The van der Waals surface area contributed by atoms with E-state index in [1.807, 2.05) is 6.07 Å². The number of amides is 1. The molecule has 98 valence electrons. The van der Waals surface area contributed by atoms with Crippen LogP contribution >= 0.6 is 0 Å². The van der Waals surface area contributed by atoms with E-state index in [1.54, 1.807) is 0 Å². The molecule has 0 saturated heterocycles. The maximum atomic E-state index is 10.4. The number of nitrogens with one attached hydrogen (secondary N) is 1. The number of nitrogens with two attached hydrogens (primary N) is 1. The van der Waals surface area contributed by atoms with E-state index in [9.17, 15) is 4.79 Å². The zero-order chi connectivity index (χ0) is 12.8. The number of hydrogen-bond acceptors (Lipinski definition) is 4. The zero-order valence-corrected chi connectivity index (χ0v) is 10.2. The number of primary amides is 1. The Labute approximate surface area is 106 Å². The molecule has 18 heavy (non-hydrogen) atoms. The Morgan fingerprint density at radius 2 is 2.33 bits per heavy atom. The summed E-state index contributed by atoms with van der Waals surface area (Å²) in [5, 5.41) is 3.19. The Kier molecular flexibility index (Phi) is 4.55. The molecule has 0 saturated carbocycles. The second-order valence-electron chi connectivity index (χ2n) is 4.18. The van der Waals surface area contributed by atoms with Gasteiger partial charge in [-0.3, -0.25) is 0 Å². The smallest absolute Gasteiger partial charge is 0.404 e. The number of rotatable bonds is 5. The van der Waals surface area contributed by atoms with E-state index in [4.69, 9.17) is 10.5 Å². The topological polar surface area (TPSA) is 73.6 Å². The standard InChI is InChI=1S/C13H18N2O3/c14-13(16)18-8-6-15-9-12-11-4-2-1-3-10(11)5-7-17-12/h1-4,12,15H,5-9H2,(H2,14,16). The summed E-state index contributed by atoms with van der Waals surface area (Å²) < 4.78 is 10.4. The predicted octanol–water partition coefficient (Wildman–Crippen LogP) is 0.985. The average Bonchev–Trinajstić information content (AvgIpc) is 2.38. The maximum absolute atomic E-state index is 10.4. The Morgan fingerprint density at radius 1 is 1.50 bits per heavy atom. The number of hydrogen-bond donors (Lipinski definition) is 2. The molecule has 1 amide bonds. The van der Waals surface area contributed by atoms with Crippen LogP contribution in [-0.2, 0) is 15.9 Å². The van der Waals surface area contributed by atoms with Crippen LogP contribution < -0.4 is 11.1 Å². The number of fused-ring (bicyclic) bond motifs is 1. The normalized spacial score (nSPS) is 18.1. The second-order valence-corrected chi connectivity index (χ2v) is 4.18. The molecule has 0 bridgehead atoms. The van der Waals surface area contributed by atoms with Crippen molar-refractivity contribution in [2.24, 2.45) is 5.73 Å². The van der Waals surface area contributed by atoms with E-state index in [1.165, 1.54) is 11.1 Å². The summed E-state index contributed by atoms with van der Waals surface area (Å²) in [6.45, 7) is 2.31. The van der Waals surface area contributed by atoms with Gasteiger partial charge < -0.3 is 20.5 Å². The molecular weight excluding hydrogens is 232 g/mol. The van der Waals surface area contributed by atoms with Crippen LogP contribution in [0.15, 0.2) is 24.3 Å². The van der Waals surface area contributed by atoms with Gasteiger partial charge in [0, 0.05) is 13.1 Å². The molecule has 1 atom stereocenters. The molecule has 0 spiro atoms. The Hall–Kier alpha value is -1.59. The lowest BCUT2D eigenvalue weighted by Crippen LogP contribution is -2.30. The summed E-state index contributed by atoms with van der Waals surface area (Å²) in [4.78, 5) is 10.4. The zero-order valence-electron chi connectivity index (χ0n) is 10.2. The second kappa shape index (κ2) is 6.37. The minimum atomic E-state index is -0.740. The van der Waals surface area contributed by atoms with Gasteiger partial charge in [0.2, 0.25) is 0 Å². The number of ether oxygens (including phenoxy) is 2. The lowest BCUT2D eigenvalue weighted by atomic mass is 9.98. The fourth-order valence-corrected chi connectivity index (χ4v) is 2.10. The van der Waals surface area contributed by atoms with E-state index in [0.29, 0.717) is 13.1 Å². The van der Waals surface area contributed by atoms with Crippen molar-refractivity contribution in [3.63, 3.8) is 0 Å². The van der Waals surface area contributed by atoms with Gasteiger partial charge in [0.15, 0.2) is 0 Å². The van der Waals surface area contributed by atoms with Crippen molar-refractivity contribution < 1.29 is 14.3 Å². The first-order valence-electron chi connectivity index (χ1n) is 6.09. The van der Waals surface area contributed by atoms with E-state index in [2.05, 4.69) is 28.3 Å². The highest BCUT2D eigenvalue weighted by Crippen LogP contribution is 2.25. The van der Waals surface area contributed by atoms with Crippen molar-refractivity contribution in [1.29, 1.82) is 0 Å². The quantitative estimate of drug-likeness (QED) is 0.764. The first kappa shape index (κ1) is 12.9. The van der Waals surface area contributed by atoms with E-state index >= 15 is 0 Å². The molecule has 1 heterocycles. The molecule has 5 nitrogen and oxygen atoms in total. The van der Waals surface area contributed by atoms with Crippen molar-refractivity contribution >= 4 is 6.09 Å². The van der Waals surface area contributed by atoms with Gasteiger partial charge in [-0.05, 0) is 17.5 Å². The monoisotopic (exact) mass is 250 g/mol. The minimum Gasteiger partial charge on any atom is -0.448 e. The lowest BCUT2D eigenvalue weighted by Gasteiger charge is -2.26. The molecule has 0 aromatic heterocycles. The molecule has 0 radical (unpaired) electrons. The highest BCUT2D eigenvalue weighted by atomic mass is 16.5. The van der Waals surface area contributed by atoms with Crippen LogP contribution in [0.1, 0.15) is 17.2 Å². The van der Waals surface area contributed by atoms with Gasteiger partial charge in [-0.25, -0.2) is 4.79 Å². The van der Waals surface area contributed by atoms with E-state index in [0.717, 1.165) is 13.0 Å². The summed E-state index contributed by atoms with van der Waals surface area (Å²) in [5.41, 5.74) is 7.46. The Balaban J connectivity index is 1.79. The molecule has 3 N–H and O–H groups in total. The highest BCUT2D eigenvalue weighted by Gasteiger charge is 2.19. The van der Waals surface area contributed by atoms with Crippen molar-refractivity contribution in [3.8, 4) is 0 Å². The molecule has 1 aliphatic rings. The third kappa shape index (κ3) is 3.45. The number of carbonyl (C=O) groups is 1. The molecule has 1 aromatic carbocycles. The average molecular weight is 250 g/mol. The minimum absolute atomic E-state index is 0.0727. The van der Waals surface area contributed by atoms with Crippen LogP contribution in [0.2, 0.25) is 0 Å². The van der Waals surface area contributed by atoms with Crippen LogP contribution in [0.3, 0.4) is 0 Å². The number of carbonyl (C=O) groups excluding carboxylic acids is 1. The fraction of sp³-hybridized carbons (Fsp3) is 0.462. The molecule has 0 aliphatic carbocycles. The summed E-state index contributed by atoms with van der Waals surface area (Å²) >= 11 is 0. The molecule has 1 aromatic rings. The Morgan fingerprint density at radius 3 is 3.17 bits per heavy atom. The largest absolute Gasteiger partial charge is 0.448 e. The molecule has 1 unspecified atom stereocenters. The van der Waals surface area contributed by atoms with Crippen LogP contribution in [0, 0.1) is 0 Å². The van der Waals surface area contributed by atoms with Crippen molar-refractivity contribution in [3.05, 3.63) is 35.4 Å². The van der Waals surface area contributed by atoms with Crippen LogP contribution in [-0.4, -0.2) is 32.4 Å². The summed E-state index contributed by atoms with van der Waals surface area (Å²) in [6, 6.07) is 8.31. The summed E-state index contributed by atoms with van der Waals surface area (Å²) in [6.07, 6.45) is 0.303. The van der Waals surface area contributed by atoms with Gasteiger partial charge in [-0.15, -0.1) is 0 Å². The summed E-state index contributed by atoms with van der Waals surface area (Å²) in [7, 11) is 0. The first-order chi connectivity index (χ1) is 8.77. The van der Waals surface area contributed by atoms with Crippen LogP contribution in [0.5, 0.6) is 0 Å². The van der Waals surface area contributed by atoms with Gasteiger partial charge in [0.25, 0.3) is 0 Å². The van der Waals surface area contributed by atoms with Crippen molar-refractivity contribution in [1.82, 2.24) is 5.32 Å². The molecule has 0 fully saturated rings. The van der Waals surface area contributed by atoms with Gasteiger partial charge in [-0.1, -0.05) is 24.3 Å². The van der Waals surface area contributed by atoms with Crippen molar-refractivity contribution in [2.45, 2.75) is 12.5 Å².